The summed E-state index contributed by atoms with van der Waals surface area (Å²) in [6.07, 6.45) is 2.56. The molecular formula is C29H26FNO4. The average molecular weight is 472 g/mol. The topological polar surface area (TPSA) is 71.6 Å². The summed E-state index contributed by atoms with van der Waals surface area (Å²) in [4.78, 5) is 17.3. The number of nitrogens with one attached hydrogen (secondary N) is 1. The summed E-state index contributed by atoms with van der Waals surface area (Å²) in [5.74, 6) is 0.121. The standard InChI is InChI=1S/C29H26FNO4/c1-17-26(29(17,16-32)14-20-15-31-24-8-3-2-7-22(20)24)27(33)23-12-19(18-5-4-6-21(30)11-18)13-25-28(23)35-10-9-34-25/h2-8,11-13,15,17,26,31-32H,9-10,14,16H2,1H3/t17-,26+,29?/m1/s1. The number of carbonyl (C=O) groups excluding carboxylic acids is 1. The summed E-state index contributed by atoms with van der Waals surface area (Å²) in [6.45, 7) is 2.67. The van der Waals surface area contributed by atoms with Gasteiger partial charge in [-0.2, -0.15) is 0 Å². The zero-order valence-corrected chi connectivity index (χ0v) is 19.4. The molecule has 1 fully saturated rings. The fourth-order valence-electron chi connectivity index (χ4n) is 5.73. The smallest absolute Gasteiger partial charge is 0.172 e. The highest BCUT2D eigenvalue weighted by Crippen LogP contribution is 2.62. The molecule has 1 aliphatic heterocycles. The van der Waals surface area contributed by atoms with Gasteiger partial charge in [-0.25, -0.2) is 4.39 Å². The number of halogens is 1. The summed E-state index contributed by atoms with van der Waals surface area (Å²) in [6, 6.07) is 17.9. The molecular weight excluding hydrogens is 445 g/mol. The highest BCUT2D eigenvalue weighted by molar-refractivity contribution is 6.05. The van der Waals surface area contributed by atoms with E-state index in [0.717, 1.165) is 16.5 Å². The average Bonchev–Trinajstić information content (AvgIpc) is 3.25. The van der Waals surface area contributed by atoms with Gasteiger partial charge >= 0.3 is 0 Å². The van der Waals surface area contributed by atoms with Crippen LogP contribution in [-0.4, -0.2) is 35.7 Å². The second-order valence-corrected chi connectivity index (χ2v) is 9.62. The number of aromatic nitrogens is 1. The van der Waals surface area contributed by atoms with Crippen molar-refractivity contribution >= 4 is 16.7 Å². The molecule has 6 heteroatoms. The summed E-state index contributed by atoms with van der Waals surface area (Å²) < 4.78 is 25.6. The van der Waals surface area contributed by atoms with Crippen molar-refractivity contribution in [2.45, 2.75) is 13.3 Å². The molecule has 6 rings (SSSR count). The summed E-state index contributed by atoms with van der Waals surface area (Å²) in [5, 5.41) is 11.6. The van der Waals surface area contributed by atoms with Gasteiger partial charge < -0.3 is 19.6 Å². The third kappa shape index (κ3) is 3.51. The zero-order valence-electron chi connectivity index (χ0n) is 19.4. The van der Waals surface area contributed by atoms with Crippen molar-refractivity contribution in [2.75, 3.05) is 19.8 Å². The number of ketones is 1. The van der Waals surface area contributed by atoms with Gasteiger partial charge in [-0.3, -0.25) is 4.79 Å². The van der Waals surface area contributed by atoms with Crippen LogP contribution < -0.4 is 9.47 Å². The Bertz CT molecular complexity index is 1440. The maximum atomic E-state index is 14.0. The van der Waals surface area contributed by atoms with Gasteiger partial charge in [0.1, 0.15) is 19.0 Å². The summed E-state index contributed by atoms with van der Waals surface area (Å²) in [7, 11) is 0. The third-order valence-electron chi connectivity index (χ3n) is 7.75. The third-order valence-corrected chi connectivity index (χ3v) is 7.75. The lowest BCUT2D eigenvalue weighted by atomic mass is 9.90. The first-order valence-electron chi connectivity index (χ1n) is 11.9. The first kappa shape index (κ1) is 21.9. The van der Waals surface area contributed by atoms with Crippen molar-refractivity contribution in [2.24, 2.45) is 17.3 Å². The molecule has 3 atom stereocenters. The second-order valence-electron chi connectivity index (χ2n) is 9.62. The van der Waals surface area contributed by atoms with Crippen LogP contribution >= 0.6 is 0 Å². The van der Waals surface area contributed by atoms with E-state index in [1.54, 1.807) is 24.3 Å². The molecule has 2 N–H and O–H groups in total. The minimum atomic E-state index is -0.556. The van der Waals surface area contributed by atoms with Crippen molar-refractivity contribution in [3.05, 3.63) is 83.8 Å². The van der Waals surface area contributed by atoms with E-state index in [9.17, 15) is 14.3 Å². The number of H-pyrrole nitrogens is 1. The molecule has 0 amide bonds. The fourth-order valence-corrected chi connectivity index (χ4v) is 5.73. The van der Waals surface area contributed by atoms with Gasteiger partial charge in [0.05, 0.1) is 12.2 Å². The van der Waals surface area contributed by atoms with Crippen LogP contribution in [0.25, 0.3) is 22.0 Å². The number of hydrogen-bond acceptors (Lipinski definition) is 4. The van der Waals surface area contributed by atoms with E-state index < -0.39 is 5.41 Å². The second kappa shape index (κ2) is 8.24. The number of aliphatic hydroxyl groups excluding tert-OH is 1. The van der Waals surface area contributed by atoms with Crippen LogP contribution in [0.15, 0.2) is 66.9 Å². The first-order chi connectivity index (χ1) is 17.0. The van der Waals surface area contributed by atoms with Gasteiger partial charge in [0.15, 0.2) is 17.3 Å². The molecule has 1 saturated carbocycles. The van der Waals surface area contributed by atoms with Gasteiger partial charge in [-0.1, -0.05) is 37.3 Å². The molecule has 1 aromatic heterocycles. The molecule has 0 bridgehead atoms. The van der Waals surface area contributed by atoms with Gasteiger partial charge in [0, 0.05) is 28.4 Å². The predicted octanol–water partition coefficient (Wildman–Crippen LogP) is 5.42. The minimum absolute atomic E-state index is 0.00773. The first-order valence-corrected chi connectivity index (χ1v) is 11.9. The van der Waals surface area contributed by atoms with Crippen molar-refractivity contribution in [1.29, 1.82) is 0 Å². The number of aliphatic hydroxyl groups is 1. The number of benzene rings is 3. The van der Waals surface area contributed by atoms with Crippen LogP contribution in [0.3, 0.4) is 0 Å². The van der Waals surface area contributed by atoms with Crippen molar-refractivity contribution < 1.29 is 23.8 Å². The number of carbonyl (C=O) groups is 1. The van der Waals surface area contributed by atoms with Crippen molar-refractivity contribution in [3.63, 3.8) is 0 Å². The molecule has 1 unspecified atom stereocenters. The molecule has 3 aromatic carbocycles. The van der Waals surface area contributed by atoms with Gasteiger partial charge in [-0.15, -0.1) is 0 Å². The summed E-state index contributed by atoms with van der Waals surface area (Å²) >= 11 is 0. The molecule has 0 radical (unpaired) electrons. The molecule has 35 heavy (non-hydrogen) atoms. The van der Waals surface area contributed by atoms with E-state index in [-0.39, 0.29) is 30.0 Å². The number of fused-ring (bicyclic) bond motifs is 2. The van der Waals surface area contributed by atoms with Crippen molar-refractivity contribution in [1.82, 2.24) is 4.98 Å². The van der Waals surface area contributed by atoms with E-state index in [0.29, 0.717) is 47.8 Å². The van der Waals surface area contributed by atoms with E-state index in [4.69, 9.17) is 9.47 Å². The monoisotopic (exact) mass is 471 g/mol. The maximum absolute atomic E-state index is 14.0. The van der Waals surface area contributed by atoms with Gasteiger partial charge in [0.2, 0.25) is 0 Å². The molecule has 178 valence electrons. The Morgan fingerprint density at radius 2 is 1.91 bits per heavy atom. The van der Waals surface area contributed by atoms with Crippen LogP contribution in [0.2, 0.25) is 0 Å². The molecule has 1 aliphatic carbocycles. The Morgan fingerprint density at radius 3 is 2.74 bits per heavy atom. The van der Waals surface area contributed by atoms with E-state index >= 15 is 0 Å². The SMILES string of the molecule is C[C@@H]1[C@@H](C(=O)c2cc(-c3cccc(F)c3)cc3c2OCCO3)C1(CO)Cc1c[nH]c2ccccc12. The Kier molecular flexibility index (Phi) is 5.15. The maximum Gasteiger partial charge on any atom is 0.172 e. The number of hydrogen-bond donors (Lipinski definition) is 2. The molecule has 4 aromatic rings. The van der Waals surface area contributed by atoms with E-state index in [1.807, 2.05) is 31.3 Å². The lowest BCUT2D eigenvalue weighted by Gasteiger charge is -2.22. The highest BCUT2D eigenvalue weighted by Gasteiger charge is 2.65. The summed E-state index contributed by atoms with van der Waals surface area (Å²) in [5.41, 5.74) is 3.34. The van der Waals surface area contributed by atoms with Crippen LogP contribution in [-0.2, 0) is 6.42 Å². The van der Waals surface area contributed by atoms with Crippen LogP contribution in [0, 0.1) is 23.1 Å². The molecule has 5 nitrogen and oxygen atoms in total. The largest absolute Gasteiger partial charge is 0.486 e. The zero-order chi connectivity index (χ0) is 24.2. The predicted molar refractivity (Wildman–Crippen MR) is 131 cm³/mol. The number of rotatable bonds is 6. The van der Waals surface area contributed by atoms with Crippen LogP contribution in [0.5, 0.6) is 11.5 Å². The molecule has 0 spiro atoms. The Balaban J connectivity index is 1.38. The van der Waals surface area contributed by atoms with Crippen molar-refractivity contribution in [3.8, 4) is 22.6 Å². The highest BCUT2D eigenvalue weighted by atomic mass is 19.1. The number of Topliss-reactive ketones (excluding diaryl/α,β-unsaturated/α-hetero) is 1. The number of aromatic amines is 1. The molecule has 2 aliphatic rings. The molecule has 0 saturated heterocycles. The lowest BCUT2D eigenvalue weighted by Crippen LogP contribution is -2.21. The van der Waals surface area contributed by atoms with E-state index in [2.05, 4.69) is 11.1 Å². The normalized spacial score (nSPS) is 22.8. The number of para-hydroxylation sites is 1. The Labute approximate surface area is 202 Å². The van der Waals surface area contributed by atoms with Gasteiger partial charge in [0.25, 0.3) is 0 Å². The molecule has 2 heterocycles. The quantitative estimate of drug-likeness (QED) is 0.369. The van der Waals surface area contributed by atoms with Crippen LogP contribution in [0.1, 0.15) is 22.8 Å². The van der Waals surface area contributed by atoms with E-state index in [1.165, 1.54) is 12.1 Å². The lowest BCUT2D eigenvalue weighted by molar-refractivity contribution is 0.0914. The number of ether oxygens (including phenoxy) is 2. The Hall–Kier alpha value is -3.64. The minimum Gasteiger partial charge on any atom is -0.486 e. The van der Waals surface area contributed by atoms with Gasteiger partial charge in [-0.05, 0) is 59.4 Å². The van der Waals surface area contributed by atoms with Crippen LogP contribution in [0.4, 0.5) is 4.39 Å². The Morgan fingerprint density at radius 1 is 1.09 bits per heavy atom. The fraction of sp³-hybridized carbons (Fsp3) is 0.276.